The van der Waals surface area contributed by atoms with Crippen molar-refractivity contribution in [2.75, 3.05) is 20.8 Å². The van der Waals surface area contributed by atoms with E-state index in [1.807, 2.05) is 5.32 Å². The van der Waals surface area contributed by atoms with E-state index in [0.717, 1.165) is 32.1 Å². The Bertz CT molecular complexity index is 389. The summed E-state index contributed by atoms with van der Waals surface area (Å²) in [4.78, 5) is 11.0. The van der Waals surface area contributed by atoms with Gasteiger partial charge in [-0.15, -0.1) is 0 Å². The van der Waals surface area contributed by atoms with Gasteiger partial charge in [-0.25, -0.2) is 0 Å². The lowest BCUT2D eigenvalue weighted by Gasteiger charge is -2.46. The van der Waals surface area contributed by atoms with E-state index in [2.05, 4.69) is 0 Å². The molecular weight excluding hydrogens is 299 g/mol. The number of hydrogen-bond acceptors (Lipinski definition) is 3. The van der Waals surface area contributed by atoms with Crippen LogP contribution in [-0.4, -0.2) is 45.1 Å². The normalized spacial score (nSPS) is 35.8. The van der Waals surface area contributed by atoms with Gasteiger partial charge in [0.25, 0.3) is 0 Å². The number of ether oxygens (including phenoxy) is 2. The van der Waals surface area contributed by atoms with Crippen LogP contribution in [0, 0.1) is 17.8 Å². The second-order valence-corrected chi connectivity index (χ2v) is 6.34. The molecule has 2 aliphatic carbocycles. The van der Waals surface area contributed by atoms with Crippen LogP contribution in [-0.2, 0) is 14.3 Å². The first-order valence-corrected chi connectivity index (χ1v) is 7.77. The lowest BCUT2D eigenvalue weighted by molar-refractivity contribution is -0.174. The highest BCUT2D eigenvalue weighted by Crippen LogP contribution is 2.45. The van der Waals surface area contributed by atoms with Gasteiger partial charge in [-0.2, -0.15) is 13.2 Å². The van der Waals surface area contributed by atoms with Crippen LogP contribution in [0.1, 0.15) is 32.1 Å². The number of hydrogen-bond donors (Lipinski definition) is 1. The minimum Gasteiger partial charge on any atom is -0.379 e. The molecule has 2 saturated carbocycles. The lowest BCUT2D eigenvalue weighted by atomic mass is 9.64. The van der Waals surface area contributed by atoms with Gasteiger partial charge in [-0.1, -0.05) is 12.8 Å². The van der Waals surface area contributed by atoms with E-state index in [-0.39, 0.29) is 24.7 Å². The average Bonchev–Trinajstić information content (AvgIpc) is 2.49. The Kier molecular flexibility index (Phi) is 5.71. The molecule has 22 heavy (non-hydrogen) atoms. The largest absolute Gasteiger partial charge is 0.471 e. The number of nitrogens with one attached hydrogen (secondary N) is 1. The highest BCUT2D eigenvalue weighted by Gasteiger charge is 2.44. The summed E-state index contributed by atoms with van der Waals surface area (Å²) in [5.41, 5.74) is 0. The van der Waals surface area contributed by atoms with E-state index in [0.29, 0.717) is 11.8 Å². The first-order chi connectivity index (χ1) is 10.4. The van der Waals surface area contributed by atoms with Gasteiger partial charge in [-0.3, -0.25) is 4.79 Å². The zero-order valence-corrected chi connectivity index (χ0v) is 13.0. The number of alkyl halides is 3. The first-order valence-electron chi connectivity index (χ1n) is 7.77. The van der Waals surface area contributed by atoms with Crippen molar-refractivity contribution in [2.24, 2.45) is 17.8 Å². The maximum atomic E-state index is 12.3. The van der Waals surface area contributed by atoms with Crippen LogP contribution < -0.4 is 5.32 Å². The molecule has 5 unspecified atom stereocenters. The van der Waals surface area contributed by atoms with Crippen LogP contribution >= 0.6 is 0 Å². The Morgan fingerprint density at radius 3 is 2.36 bits per heavy atom. The molecule has 5 atom stereocenters. The summed E-state index contributed by atoms with van der Waals surface area (Å²) in [7, 11) is 3.31. The minimum atomic E-state index is -4.81. The van der Waals surface area contributed by atoms with Crippen molar-refractivity contribution < 1.29 is 27.4 Å². The Labute approximate surface area is 128 Å². The third-order valence-electron chi connectivity index (χ3n) is 5.20. The SMILES string of the molecule is COC1CC2CCCC(CNC(=O)C(F)(F)F)C2CC1OC. The fourth-order valence-corrected chi connectivity index (χ4v) is 4.08. The van der Waals surface area contributed by atoms with Crippen molar-refractivity contribution in [1.82, 2.24) is 5.32 Å². The predicted molar refractivity (Wildman–Crippen MR) is 74.2 cm³/mol. The molecule has 7 heteroatoms. The van der Waals surface area contributed by atoms with Crippen LogP contribution in [0.25, 0.3) is 0 Å². The molecule has 0 aromatic rings. The molecule has 0 aliphatic heterocycles. The molecule has 4 nitrogen and oxygen atoms in total. The highest BCUT2D eigenvalue weighted by atomic mass is 19.4. The minimum absolute atomic E-state index is 0.0230. The molecular formula is C15H24F3NO3. The number of fused-ring (bicyclic) bond motifs is 1. The number of amides is 1. The van der Waals surface area contributed by atoms with E-state index >= 15 is 0 Å². The molecule has 0 saturated heterocycles. The van der Waals surface area contributed by atoms with Crippen molar-refractivity contribution >= 4 is 5.91 Å². The summed E-state index contributed by atoms with van der Waals surface area (Å²) >= 11 is 0. The second kappa shape index (κ2) is 7.17. The molecule has 0 spiro atoms. The summed E-state index contributed by atoms with van der Waals surface area (Å²) in [5, 5.41) is 2.05. The molecule has 1 amide bonds. The summed E-state index contributed by atoms with van der Waals surface area (Å²) in [6, 6.07) is 0. The molecule has 0 radical (unpaired) electrons. The summed E-state index contributed by atoms with van der Waals surface area (Å²) in [6.45, 7) is 0.0909. The third kappa shape index (κ3) is 3.93. The van der Waals surface area contributed by atoms with Crippen LogP contribution in [0.4, 0.5) is 13.2 Å². The molecule has 0 aromatic carbocycles. The molecule has 0 bridgehead atoms. The fourth-order valence-electron chi connectivity index (χ4n) is 4.08. The summed E-state index contributed by atoms with van der Waals surface area (Å²) in [5.74, 6) is -1.03. The van der Waals surface area contributed by atoms with Crippen LogP contribution in [0.15, 0.2) is 0 Å². The quantitative estimate of drug-likeness (QED) is 0.865. The van der Waals surface area contributed by atoms with E-state index in [1.165, 1.54) is 0 Å². The Morgan fingerprint density at radius 1 is 1.14 bits per heavy atom. The Hall–Kier alpha value is -0.820. The van der Waals surface area contributed by atoms with Gasteiger partial charge in [0.2, 0.25) is 0 Å². The lowest BCUT2D eigenvalue weighted by Crippen LogP contribution is -2.48. The van der Waals surface area contributed by atoms with E-state index < -0.39 is 12.1 Å². The maximum Gasteiger partial charge on any atom is 0.471 e. The highest BCUT2D eigenvalue weighted by molar-refractivity contribution is 5.81. The van der Waals surface area contributed by atoms with Crippen molar-refractivity contribution in [3.8, 4) is 0 Å². The Balaban J connectivity index is 1.96. The second-order valence-electron chi connectivity index (χ2n) is 6.34. The maximum absolute atomic E-state index is 12.3. The fraction of sp³-hybridized carbons (Fsp3) is 0.933. The standard InChI is InChI=1S/C15H24F3NO3/c1-21-12-6-9-4-3-5-10(11(9)7-13(12)22-2)8-19-14(20)15(16,17)18/h9-13H,3-8H2,1-2H3,(H,19,20). The number of carbonyl (C=O) groups excluding carboxylic acids is 1. The zero-order chi connectivity index (χ0) is 16.3. The average molecular weight is 323 g/mol. The molecule has 0 aromatic heterocycles. The molecule has 128 valence electrons. The van der Waals surface area contributed by atoms with E-state index in [4.69, 9.17) is 9.47 Å². The van der Waals surface area contributed by atoms with Crippen LogP contribution in [0.5, 0.6) is 0 Å². The van der Waals surface area contributed by atoms with Crippen molar-refractivity contribution in [3.63, 3.8) is 0 Å². The van der Waals surface area contributed by atoms with E-state index in [1.54, 1.807) is 14.2 Å². The summed E-state index contributed by atoms with van der Waals surface area (Å²) in [6.07, 6.45) is -0.202. The molecule has 2 aliphatic rings. The predicted octanol–water partition coefficient (Wildman–Crippen LogP) is 2.52. The number of halogens is 3. The monoisotopic (exact) mass is 323 g/mol. The van der Waals surface area contributed by atoms with Gasteiger partial charge >= 0.3 is 12.1 Å². The number of rotatable bonds is 4. The molecule has 2 rings (SSSR count). The van der Waals surface area contributed by atoms with Gasteiger partial charge in [0.05, 0.1) is 12.2 Å². The van der Waals surface area contributed by atoms with Gasteiger partial charge in [0, 0.05) is 20.8 Å². The summed E-state index contributed by atoms with van der Waals surface area (Å²) < 4.78 is 47.9. The van der Waals surface area contributed by atoms with E-state index in [9.17, 15) is 18.0 Å². The van der Waals surface area contributed by atoms with Crippen molar-refractivity contribution in [2.45, 2.75) is 50.5 Å². The van der Waals surface area contributed by atoms with Gasteiger partial charge in [0.1, 0.15) is 0 Å². The number of methoxy groups -OCH3 is 2. The number of carbonyl (C=O) groups is 1. The van der Waals surface area contributed by atoms with Gasteiger partial charge < -0.3 is 14.8 Å². The molecule has 1 N–H and O–H groups in total. The molecule has 2 fully saturated rings. The van der Waals surface area contributed by atoms with Crippen molar-refractivity contribution in [3.05, 3.63) is 0 Å². The smallest absolute Gasteiger partial charge is 0.379 e. The van der Waals surface area contributed by atoms with Crippen LogP contribution in [0.3, 0.4) is 0 Å². The van der Waals surface area contributed by atoms with Crippen molar-refractivity contribution in [1.29, 1.82) is 0 Å². The first kappa shape index (κ1) is 17.5. The van der Waals surface area contributed by atoms with Gasteiger partial charge in [-0.05, 0) is 37.0 Å². The zero-order valence-electron chi connectivity index (χ0n) is 13.0. The molecule has 0 heterocycles. The topological polar surface area (TPSA) is 47.6 Å². The Morgan fingerprint density at radius 2 is 1.77 bits per heavy atom. The third-order valence-corrected chi connectivity index (χ3v) is 5.20. The van der Waals surface area contributed by atoms with Gasteiger partial charge in [0.15, 0.2) is 0 Å². The van der Waals surface area contributed by atoms with Crippen LogP contribution in [0.2, 0.25) is 0 Å².